The minimum Gasteiger partial charge on any atom is -0.258 e. The van der Waals surface area contributed by atoms with Crippen LogP contribution in [0.2, 0.25) is 0 Å². The monoisotopic (exact) mass is 233 g/mol. The lowest BCUT2D eigenvalue weighted by Crippen LogP contribution is -1.74. The molecule has 5 heteroatoms. The summed E-state index contributed by atoms with van der Waals surface area (Å²) >= 11 is 3.30. The van der Waals surface area contributed by atoms with Crippen molar-refractivity contribution >= 4 is 22.7 Å². The van der Waals surface area contributed by atoms with Crippen molar-refractivity contribution in [1.82, 2.24) is 15.2 Å². The van der Waals surface area contributed by atoms with Crippen LogP contribution in [0.4, 0.5) is 0 Å². The lowest BCUT2D eigenvalue weighted by atomic mass is 10.4. The zero-order valence-electron chi connectivity index (χ0n) is 7.68. The molecule has 3 heterocycles. The fourth-order valence-corrected chi connectivity index (χ4v) is 2.62. The third kappa shape index (κ3) is 1.60. The molecule has 15 heavy (non-hydrogen) atoms. The molecule has 0 amide bonds. The molecule has 0 atom stereocenters. The fourth-order valence-electron chi connectivity index (χ4n) is 1.30. The van der Waals surface area contributed by atoms with Crippen LogP contribution in [0.15, 0.2) is 35.0 Å². The van der Waals surface area contributed by atoms with Crippen molar-refractivity contribution in [2.24, 2.45) is 0 Å². The van der Waals surface area contributed by atoms with Crippen LogP contribution >= 0.6 is 22.7 Å². The van der Waals surface area contributed by atoms with E-state index in [9.17, 15) is 0 Å². The zero-order valence-corrected chi connectivity index (χ0v) is 9.31. The number of thiophene rings is 2. The predicted molar refractivity (Wildman–Crippen MR) is 63.0 cm³/mol. The molecule has 0 spiro atoms. The largest absolute Gasteiger partial charge is 0.258 e. The lowest BCUT2D eigenvalue weighted by molar-refractivity contribution is 1.11. The first-order chi connectivity index (χ1) is 7.43. The molecular formula is C10H7N3S2. The molecular weight excluding hydrogens is 226 g/mol. The van der Waals surface area contributed by atoms with Crippen molar-refractivity contribution in [1.29, 1.82) is 0 Å². The van der Waals surface area contributed by atoms with E-state index in [0.717, 1.165) is 21.4 Å². The van der Waals surface area contributed by atoms with E-state index < -0.39 is 0 Å². The summed E-state index contributed by atoms with van der Waals surface area (Å²) in [5.74, 6) is 1.61. The number of nitrogens with zero attached hydrogens (tertiary/aromatic N) is 2. The quantitative estimate of drug-likeness (QED) is 0.738. The molecule has 74 valence electrons. The van der Waals surface area contributed by atoms with Crippen LogP contribution in [-0.2, 0) is 0 Å². The van der Waals surface area contributed by atoms with Crippen molar-refractivity contribution in [2.45, 2.75) is 0 Å². The molecule has 0 saturated heterocycles. The van der Waals surface area contributed by atoms with Crippen LogP contribution in [0.5, 0.6) is 0 Å². The van der Waals surface area contributed by atoms with Crippen LogP contribution in [-0.4, -0.2) is 15.2 Å². The van der Waals surface area contributed by atoms with Gasteiger partial charge in [0.15, 0.2) is 11.6 Å². The Balaban J connectivity index is 2.02. The van der Waals surface area contributed by atoms with Crippen LogP contribution in [0.25, 0.3) is 21.4 Å². The molecule has 0 aliphatic heterocycles. The third-order valence-electron chi connectivity index (χ3n) is 1.98. The average molecular weight is 233 g/mol. The van der Waals surface area contributed by atoms with E-state index in [4.69, 9.17) is 0 Å². The fraction of sp³-hybridized carbons (Fsp3) is 0. The molecule has 3 nitrogen and oxygen atoms in total. The summed E-state index contributed by atoms with van der Waals surface area (Å²) in [5, 5.41) is 11.2. The van der Waals surface area contributed by atoms with E-state index in [1.165, 1.54) is 0 Å². The summed E-state index contributed by atoms with van der Waals surface area (Å²) in [4.78, 5) is 6.66. The second kappa shape index (κ2) is 3.60. The highest BCUT2D eigenvalue weighted by atomic mass is 32.1. The van der Waals surface area contributed by atoms with Gasteiger partial charge < -0.3 is 0 Å². The van der Waals surface area contributed by atoms with Crippen LogP contribution in [0.3, 0.4) is 0 Å². The maximum atomic E-state index is 4.45. The highest BCUT2D eigenvalue weighted by Gasteiger charge is 2.08. The first kappa shape index (κ1) is 8.82. The van der Waals surface area contributed by atoms with Crippen LogP contribution < -0.4 is 0 Å². The SMILES string of the molecule is c1csc(-c2n[nH]c(-c3cccs3)n2)c1. The Hall–Kier alpha value is -1.46. The van der Waals surface area contributed by atoms with Crippen LogP contribution in [0.1, 0.15) is 0 Å². The summed E-state index contributed by atoms with van der Waals surface area (Å²) in [6.45, 7) is 0. The molecule has 3 aromatic heterocycles. The van der Waals surface area contributed by atoms with E-state index in [1.54, 1.807) is 22.7 Å². The van der Waals surface area contributed by atoms with Gasteiger partial charge in [-0.15, -0.1) is 22.7 Å². The number of aromatic amines is 1. The molecule has 0 aliphatic carbocycles. The number of nitrogens with one attached hydrogen (secondary N) is 1. The van der Waals surface area contributed by atoms with E-state index >= 15 is 0 Å². The highest BCUT2D eigenvalue weighted by Crippen LogP contribution is 2.25. The van der Waals surface area contributed by atoms with Gasteiger partial charge in [0, 0.05) is 0 Å². The van der Waals surface area contributed by atoms with Gasteiger partial charge in [-0.25, -0.2) is 4.98 Å². The molecule has 0 saturated carbocycles. The smallest absolute Gasteiger partial charge is 0.191 e. The van der Waals surface area contributed by atoms with Crippen molar-refractivity contribution in [3.63, 3.8) is 0 Å². The van der Waals surface area contributed by atoms with Gasteiger partial charge in [0.05, 0.1) is 9.75 Å². The number of hydrogen-bond donors (Lipinski definition) is 1. The molecule has 0 fully saturated rings. The van der Waals surface area contributed by atoms with E-state index in [0.29, 0.717) is 0 Å². The van der Waals surface area contributed by atoms with Gasteiger partial charge in [0.25, 0.3) is 0 Å². The number of hydrogen-bond acceptors (Lipinski definition) is 4. The van der Waals surface area contributed by atoms with Gasteiger partial charge in [0.1, 0.15) is 0 Å². The number of rotatable bonds is 2. The van der Waals surface area contributed by atoms with E-state index in [1.807, 2.05) is 35.0 Å². The molecule has 3 aromatic rings. The molecule has 3 rings (SSSR count). The topological polar surface area (TPSA) is 41.6 Å². The van der Waals surface area contributed by atoms with Crippen molar-refractivity contribution in [3.8, 4) is 21.4 Å². The van der Waals surface area contributed by atoms with Gasteiger partial charge in [-0.1, -0.05) is 12.1 Å². The standard InChI is InChI=1S/C10H7N3S2/c1-3-7(14-5-1)9-11-10(13-12-9)8-4-2-6-15-8/h1-6H,(H,11,12,13). The van der Waals surface area contributed by atoms with E-state index in [-0.39, 0.29) is 0 Å². The van der Waals surface area contributed by atoms with Gasteiger partial charge >= 0.3 is 0 Å². The second-order valence-electron chi connectivity index (χ2n) is 2.96. The first-order valence-electron chi connectivity index (χ1n) is 4.43. The Labute approximate surface area is 94.4 Å². The van der Waals surface area contributed by atoms with Crippen molar-refractivity contribution in [2.75, 3.05) is 0 Å². The molecule has 0 aliphatic rings. The first-order valence-corrected chi connectivity index (χ1v) is 6.19. The summed E-state index contributed by atoms with van der Waals surface area (Å²) < 4.78 is 0. The Morgan fingerprint density at radius 3 is 2.40 bits per heavy atom. The summed E-state index contributed by atoms with van der Waals surface area (Å²) in [5.41, 5.74) is 0. The van der Waals surface area contributed by atoms with Crippen molar-refractivity contribution in [3.05, 3.63) is 35.0 Å². The summed E-state index contributed by atoms with van der Waals surface area (Å²) in [6, 6.07) is 8.06. The molecule has 0 bridgehead atoms. The number of aromatic nitrogens is 3. The maximum absolute atomic E-state index is 4.45. The second-order valence-corrected chi connectivity index (χ2v) is 4.86. The van der Waals surface area contributed by atoms with Gasteiger partial charge in [-0.3, -0.25) is 5.10 Å². The Bertz CT molecular complexity index is 488. The number of H-pyrrole nitrogens is 1. The third-order valence-corrected chi connectivity index (χ3v) is 3.72. The lowest BCUT2D eigenvalue weighted by Gasteiger charge is -1.86. The highest BCUT2D eigenvalue weighted by molar-refractivity contribution is 7.13. The minimum absolute atomic E-state index is 0.772. The Morgan fingerprint density at radius 2 is 1.73 bits per heavy atom. The summed E-state index contributed by atoms with van der Waals surface area (Å²) in [6.07, 6.45) is 0. The zero-order chi connectivity index (χ0) is 10.1. The Kier molecular flexibility index (Phi) is 2.12. The Morgan fingerprint density at radius 1 is 1.00 bits per heavy atom. The predicted octanol–water partition coefficient (Wildman–Crippen LogP) is 3.26. The molecule has 1 N–H and O–H groups in total. The molecule has 0 aromatic carbocycles. The normalized spacial score (nSPS) is 10.7. The van der Waals surface area contributed by atoms with Crippen molar-refractivity contribution < 1.29 is 0 Å². The molecule has 0 radical (unpaired) electrons. The van der Waals surface area contributed by atoms with Gasteiger partial charge in [0.2, 0.25) is 0 Å². The van der Waals surface area contributed by atoms with E-state index in [2.05, 4.69) is 15.2 Å². The van der Waals surface area contributed by atoms with Gasteiger partial charge in [-0.05, 0) is 22.9 Å². The molecule has 0 unspecified atom stereocenters. The maximum Gasteiger partial charge on any atom is 0.191 e. The van der Waals surface area contributed by atoms with Crippen LogP contribution in [0, 0.1) is 0 Å². The minimum atomic E-state index is 0.772. The van der Waals surface area contributed by atoms with Gasteiger partial charge in [-0.2, -0.15) is 5.10 Å². The summed E-state index contributed by atoms with van der Waals surface area (Å²) in [7, 11) is 0. The average Bonchev–Trinajstić information content (AvgIpc) is 3.02.